The Morgan fingerprint density at radius 2 is 1.86 bits per heavy atom. The van der Waals surface area contributed by atoms with E-state index in [2.05, 4.69) is 4.98 Å². The van der Waals surface area contributed by atoms with E-state index in [4.69, 9.17) is 16.2 Å². The fourth-order valence-electron chi connectivity index (χ4n) is 2.86. The first-order valence-electron chi connectivity index (χ1n) is 8.87. The molecule has 1 heterocycles. The molecule has 0 atom stereocenters. The number of aromatic nitrogens is 1. The average Bonchev–Trinajstić information content (AvgIpc) is 2.71. The molecule has 0 amide bonds. The minimum atomic E-state index is -0.820. The molecule has 28 heavy (non-hydrogen) atoms. The second-order valence-electron chi connectivity index (χ2n) is 6.21. The Morgan fingerprint density at radius 3 is 2.57 bits per heavy atom. The number of anilines is 2. The van der Waals surface area contributed by atoms with E-state index in [1.807, 2.05) is 43.3 Å². The third kappa shape index (κ3) is 4.11. The lowest BCUT2D eigenvalue weighted by Crippen LogP contribution is -2.06. The zero-order valence-electron chi connectivity index (χ0n) is 15.5. The van der Waals surface area contributed by atoms with Gasteiger partial charge in [0.1, 0.15) is 24.0 Å². The van der Waals surface area contributed by atoms with E-state index in [1.54, 1.807) is 6.07 Å². The van der Waals surface area contributed by atoms with Crippen LogP contribution in [0.5, 0.6) is 5.75 Å². The molecule has 0 radical (unpaired) electrons. The molecule has 3 rings (SSSR count). The second-order valence-corrected chi connectivity index (χ2v) is 6.21. The van der Waals surface area contributed by atoms with E-state index in [-0.39, 0.29) is 17.9 Å². The topological polar surface area (TPSA) is 74.2 Å². The van der Waals surface area contributed by atoms with Crippen molar-refractivity contribution in [1.82, 2.24) is 4.98 Å². The second kappa shape index (κ2) is 8.52. The summed E-state index contributed by atoms with van der Waals surface area (Å²) in [6.45, 7) is 1.71. The highest BCUT2D eigenvalue weighted by Gasteiger charge is 2.15. The highest BCUT2D eigenvalue weighted by Crippen LogP contribution is 2.30. The maximum absolute atomic E-state index is 14.1. The highest BCUT2D eigenvalue weighted by atomic mass is 19.1. The molecule has 0 aliphatic rings. The maximum atomic E-state index is 14.1. The van der Waals surface area contributed by atoms with Crippen molar-refractivity contribution in [3.8, 4) is 5.75 Å². The summed E-state index contributed by atoms with van der Waals surface area (Å²) >= 11 is 0. The molecule has 0 aliphatic heterocycles. The molecule has 0 spiro atoms. The number of halogens is 2. The Balaban J connectivity index is 1.92. The SMILES string of the molecule is CC/C=C(\c1ccccc1)c1cc(OCc2c(F)ccc(N)c2F)cnc1N. The average molecular weight is 381 g/mol. The summed E-state index contributed by atoms with van der Waals surface area (Å²) < 4.78 is 33.6. The van der Waals surface area contributed by atoms with Gasteiger partial charge in [0, 0.05) is 5.56 Å². The first-order chi connectivity index (χ1) is 13.5. The molecule has 144 valence electrons. The van der Waals surface area contributed by atoms with Gasteiger partial charge in [-0.2, -0.15) is 0 Å². The van der Waals surface area contributed by atoms with Gasteiger partial charge in [0.15, 0.2) is 5.82 Å². The number of ether oxygens (including phenoxy) is 1. The number of hydrogen-bond donors (Lipinski definition) is 2. The van der Waals surface area contributed by atoms with E-state index in [9.17, 15) is 8.78 Å². The molecule has 0 saturated carbocycles. The first kappa shape index (κ1) is 19.4. The largest absolute Gasteiger partial charge is 0.487 e. The van der Waals surface area contributed by atoms with Crippen LogP contribution in [0.3, 0.4) is 0 Å². The van der Waals surface area contributed by atoms with Crippen molar-refractivity contribution in [1.29, 1.82) is 0 Å². The molecule has 3 aromatic rings. The molecule has 6 heteroatoms. The highest BCUT2D eigenvalue weighted by molar-refractivity contribution is 5.84. The first-order valence-corrected chi connectivity index (χ1v) is 8.87. The van der Waals surface area contributed by atoms with Gasteiger partial charge < -0.3 is 16.2 Å². The number of benzene rings is 2. The van der Waals surface area contributed by atoms with Crippen LogP contribution >= 0.6 is 0 Å². The number of nitrogen functional groups attached to an aromatic ring is 2. The minimum absolute atomic E-state index is 0.131. The van der Waals surface area contributed by atoms with E-state index >= 15 is 0 Å². The summed E-state index contributed by atoms with van der Waals surface area (Å²) in [4.78, 5) is 4.18. The molecular formula is C22H21F2N3O. The van der Waals surface area contributed by atoms with Gasteiger partial charge in [-0.3, -0.25) is 0 Å². The molecule has 0 bridgehead atoms. The summed E-state index contributed by atoms with van der Waals surface area (Å²) in [5.41, 5.74) is 13.8. The van der Waals surface area contributed by atoms with E-state index in [1.165, 1.54) is 12.3 Å². The van der Waals surface area contributed by atoms with Gasteiger partial charge in [0.25, 0.3) is 0 Å². The van der Waals surface area contributed by atoms with Crippen LogP contribution in [0.1, 0.15) is 30.0 Å². The third-order valence-corrected chi connectivity index (χ3v) is 4.28. The summed E-state index contributed by atoms with van der Waals surface area (Å²) in [5.74, 6) is -0.841. The molecule has 0 fully saturated rings. The quantitative estimate of drug-likeness (QED) is 0.593. The number of pyridine rings is 1. The van der Waals surface area contributed by atoms with Gasteiger partial charge in [0.2, 0.25) is 0 Å². The van der Waals surface area contributed by atoms with Crippen LogP contribution in [0.25, 0.3) is 5.57 Å². The van der Waals surface area contributed by atoms with E-state index < -0.39 is 11.6 Å². The Hall–Kier alpha value is -3.41. The summed E-state index contributed by atoms with van der Waals surface area (Å²) in [5, 5.41) is 0. The number of hydrogen-bond acceptors (Lipinski definition) is 4. The predicted octanol–water partition coefficient (Wildman–Crippen LogP) is 4.94. The predicted molar refractivity (Wildman–Crippen MR) is 108 cm³/mol. The van der Waals surface area contributed by atoms with Gasteiger partial charge in [-0.25, -0.2) is 13.8 Å². The van der Waals surface area contributed by atoms with Crippen LogP contribution in [-0.2, 0) is 6.61 Å². The van der Waals surface area contributed by atoms with Crippen LogP contribution in [-0.4, -0.2) is 4.98 Å². The zero-order valence-corrected chi connectivity index (χ0v) is 15.5. The lowest BCUT2D eigenvalue weighted by atomic mass is 9.97. The Bertz CT molecular complexity index is 1000. The monoisotopic (exact) mass is 381 g/mol. The number of allylic oxidation sites excluding steroid dienone is 1. The lowest BCUT2D eigenvalue weighted by molar-refractivity contribution is 0.291. The van der Waals surface area contributed by atoms with Crippen LogP contribution in [0.4, 0.5) is 20.3 Å². The van der Waals surface area contributed by atoms with Crippen molar-refractivity contribution in [2.24, 2.45) is 0 Å². The lowest BCUT2D eigenvalue weighted by Gasteiger charge is -2.14. The van der Waals surface area contributed by atoms with Crippen LogP contribution in [0.2, 0.25) is 0 Å². The maximum Gasteiger partial charge on any atom is 0.155 e. The standard InChI is InChI=1S/C22H21F2N3O/c1-2-6-16(14-7-4-3-5-8-14)17-11-15(12-27-22(17)26)28-13-18-19(23)9-10-20(25)21(18)24/h3-12H,2,13,25H2,1H3,(H2,26,27)/b16-6+. The molecule has 1 aromatic heterocycles. The Kier molecular flexibility index (Phi) is 5.89. The van der Waals surface area contributed by atoms with Gasteiger partial charge in [0.05, 0.1) is 17.4 Å². The molecule has 0 unspecified atom stereocenters. The van der Waals surface area contributed by atoms with E-state index in [0.717, 1.165) is 23.6 Å². The molecular weight excluding hydrogens is 360 g/mol. The number of nitrogens with zero attached hydrogens (tertiary/aromatic N) is 1. The molecule has 4 nitrogen and oxygen atoms in total. The van der Waals surface area contributed by atoms with Crippen LogP contribution in [0, 0.1) is 11.6 Å². The normalized spacial score (nSPS) is 11.5. The number of nitrogens with two attached hydrogens (primary N) is 2. The van der Waals surface area contributed by atoms with Crippen molar-refractivity contribution in [2.75, 3.05) is 11.5 Å². The minimum Gasteiger partial charge on any atom is -0.487 e. The number of rotatable bonds is 6. The van der Waals surface area contributed by atoms with E-state index in [0.29, 0.717) is 17.1 Å². The Morgan fingerprint density at radius 1 is 1.11 bits per heavy atom. The van der Waals surface area contributed by atoms with Crippen molar-refractivity contribution in [2.45, 2.75) is 20.0 Å². The van der Waals surface area contributed by atoms with Crippen molar-refractivity contribution < 1.29 is 13.5 Å². The van der Waals surface area contributed by atoms with Crippen molar-refractivity contribution in [3.05, 3.63) is 89.1 Å². The molecule has 2 aromatic carbocycles. The molecule has 0 saturated heterocycles. The summed E-state index contributed by atoms with van der Waals surface area (Å²) in [6.07, 6.45) is 4.27. The molecule has 0 aliphatic carbocycles. The molecule has 4 N–H and O–H groups in total. The fraction of sp³-hybridized carbons (Fsp3) is 0.136. The summed E-state index contributed by atoms with van der Waals surface area (Å²) in [6, 6.07) is 13.8. The summed E-state index contributed by atoms with van der Waals surface area (Å²) in [7, 11) is 0. The van der Waals surface area contributed by atoms with Gasteiger partial charge in [-0.1, -0.05) is 43.3 Å². The van der Waals surface area contributed by atoms with Crippen molar-refractivity contribution in [3.63, 3.8) is 0 Å². The van der Waals surface area contributed by atoms with Gasteiger partial charge >= 0.3 is 0 Å². The zero-order chi connectivity index (χ0) is 20.1. The fourth-order valence-corrected chi connectivity index (χ4v) is 2.86. The van der Waals surface area contributed by atoms with Gasteiger partial charge in [-0.15, -0.1) is 0 Å². The van der Waals surface area contributed by atoms with Crippen molar-refractivity contribution >= 4 is 17.1 Å². The third-order valence-electron chi connectivity index (χ3n) is 4.28. The Labute approximate surface area is 162 Å². The van der Waals surface area contributed by atoms with Crippen LogP contribution < -0.4 is 16.2 Å². The smallest absolute Gasteiger partial charge is 0.155 e. The van der Waals surface area contributed by atoms with Crippen LogP contribution in [0.15, 0.2) is 60.8 Å². The van der Waals surface area contributed by atoms with Gasteiger partial charge in [-0.05, 0) is 35.8 Å².